The molecule has 0 saturated carbocycles. The predicted octanol–water partition coefficient (Wildman–Crippen LogP) is 2.03. The molecule has 5 nitrogen and oxygen atoms in total. The number of pyridine rings is 1. The molecule has 1 atom stereocenters. The maximum Gasteiger partial charge on any atom is 0.270 e. The summed E-state index contributed by atoms with van der Waals surface area (Å²) in [5, 5.41) is 3.14. The Morgan fingerprint density at radius 2 is 2.25 bits per heavy atom. The van der Waals surface area contributed by atoms with Gasteiger partial charge in [0.15, 0.2) is 0 Å². The smallest absolute Gasteiger partial charge is 0.270 e. The molecule has 0 spiro atoms. The number of carbonyl (C=O) groups is 1. The molecule has 1 aromatic heterocycles. The highest BCUT2D eigenvalue weighted by atomic mass is 16.2. The van der Waals surface area contributed by atoms with Crippen LogP contribution >= 0.6 is 0 Å². The number of nitrogens with zero attached hydrogens (tertiary/aromatic N) is 2. The van der Waals surface area contributed by atoms with Crippen molar-refractivity contribution in [3.8, 4) is 11.1 Å². The molecule has 2 aromatic rings. The molecule has 126 valence electrons. The fourth-order valence-electron chi connectivity index (χ4n) is 3.22. The summed E-state index contributed by atoms with van der Waals surface area (Å²) in [4.78, 5) is 19.3. The summed E-state index contributed by atoms with van der Waals surface area (Å²) in [6.07, 6.45) is 3.79. The topological polar surface area (TPSA) is 71.2 Å². The second-order valence-corrected chi connectivity index (χ2v) is 6.38. The largest absolute Gasteiger partial charge is 0.347 e. The number of piperidine rings is 1. The van der Waals surface area contributed by atoms with Crippen LogP contribution in [-0.2, 0) is 6.54 Å². The van der Waals surface area contributed by atoms with Crippen molar-refractivity contribution < 1.29 is 4.79 Å². The van der Waals surface area contributed by atoms with E-state index in [0.717, 1.165) is 42.6 Å². The van der Waals surface area contributed by atoms with E-state index in [4.69, 9.17) is 5.73 Å². The molecular weight excluding hydrogens is 300 g/mol. The van der Waals surface area contributed by atoms with Crippen molar-refractivity contribution in [3.05, 3.63) is 53.9 Å². The van der Waals surface area contributed by atoms with Gasteiger partial charge in [0.1, 0.15) is 5.69 Å². The monoisotopic (exact) mass is 324 g/mol. The van der Waals surface area contributed by atoms with Crippen LogP contribution < -0.4 is 11.1 Å². The number of hydrogen-bond donors (Lipinski definition) is 2. The quantitative estimate of drug-likeness (QED) is 0.903. The molecule has 3 N–H and O–H groups in total. The van der Waals surface area contributed by atoms with Gasteiger partial charge < -0.3 is 16.0 Å². The van der Waals surface area contributed by atoms with Crippen LogP contribution in [0.2, 0.25) is 0 Å². The molecule has 1 aliphatic rings. The highest BCUT2D eigenvalue weighted by Crippen LogP contribution is 2.23. The van der Waals surface area contributed by atoms with Crippen molar-refractivity contribution in [3.63, 3.8) is 0 Å². The van der Waals surface area contributed by atoms with Crippen LogP contribution in [0.5, 0.6) is 0 Å². The van der Waals surface area contributed by atoms with Gasteiger partial charge in [0, 0.05) is 30.9 Å². The van der Waals surface area contributed by atoms with E-state index in [0.29, 0.717) is 12.2 Å². The van der Waals surface area contributed by atoms with E-state index in [2.05, 4.69) is 22.2 Å². The van der Waals surface area contributed by atoms with Crippen LogP contribution in [0.3, 0.4) is 0 Å². The molecule has 1 saturated heterocycles. The number of likely N-dealkylation sites (N-methyl/N-ethyl adjacent to an activating group) is 1. The van der Waals surface area contributed by atoms with Crippen LogP contribution in [0, 0.1) is 0 Å². The van der Waals surface area contributed by atoms with Gasteiger partial charge in [0.05, 0.1) is 0 Å². The lowest BCUT2D eigenvalue weighted by Crippen LogP contribution is -2.46. The average Bonchev–Trinajstić information content (AvgIpc) is 2.62. The molecule has 1 amide bonds. The van der Waals surface area contributed by atoms with Gasteiger partial charge in [0.25, 0.3) is 5.91 Å². The molecule has 3 rings (SSSR count). The van der Waals surface area contributed by atoms with Gasteiger partial charge in [-0.15, -0.1) is 0 Å². The molecule has 1 aliphatic heterocycles. The Hall–Kier alpha value is -2.24. The van der Waals surface area contributed by atoms with E-state index in [-0.39, 0.29) is 11.9 Å². The number of aromatic nitrogens is 1. The van der Waals surface area contributed by atoms with Crippen molar-refractivity contribution >= 4 is 5.91 Å². The molecule has 1 aromatic carbocycles. The standard InChI is InChI=1S/C19H24N4O/c1-23-10-4-7-16(13-23)22-19(24)18-17(8-3-9-21-18)15-6-2-5-14(11-15)12-20/h2-3,5-6,8-9,11,16H,4,7,10,12-13,20H2,1H3,(H,22,24)/t16-/m1/s1. The third-order valence-corrected chi connectivity index (χ3v) is 4.46. The van der Waals surface area contributed by atoms with Crippen LogP contribution in [0.25, 0.3) is 11.1 Å². The molecule has 0 aliphatic carbocycles. The maximum absolute atomic E-state index is 12.8. The number of hydrogen-bond acceptors (Lipinski definition) is 4. The summed E-state index contributed by atoms with van der Waals surface area (Å²) >= 11 is 0. The zero-order valence-corrected chi connectivity index (χ0v) is 14.0. The number of carbonyl (C=O) groups excluding carboxylic acids is 1. The van der Waals surface area contributed by atoms with Crippen molar-refractivity contribution in [1.29, 1.82) is 0 Å². The third kappa shape index (κ3) is 3.80. The number of benzene rings is 1. The lowest BCUT2D eigenvalue weighted by molar-refractivity contribution is 0.0908. The summed E-state index contributed by atoms with van der Waals surface area (Å²) in [5.41, 5.74) is 9.05. The first kappa shape index (κ1) is 16.6. The summed E-state index contributed by atoms with van der Waals surface area (Å²) in [5.74, 6) is -0.107. The molecule has 24 heavy (non-hydrogen) atoms. The SMILES string of the molecule is CN1CCC[C@@H](NC(=O)c2ncccc2-c2cccc(CN)c2)C1. The van der Waals surface area contributed by atoms with Gasteiger partial charge in [-0.1, -0.05) is 24.3 Å². The van der Waals surface area contributed by atoms with E-state index < -0.39 is 0 Å². The summed E-state index contributed by atoms with van der Waals surface area (Å²) in [6, 6.07) is 11.9. The first-order valence-corrected chi connectivity index (χ1v) is 8.41. The van der Waals surface area contributed by atoms with Gasteiger partial charge >= 0.3 is 0 Å². The molecular formula is C19H24N4O. The minimum atomic E-state index is -0.107. The molecule has 0 unspecified atom stereocenters. The Morgan fingerprint density at radius 3 is 3.04 bits per heavy atom. The normalized spacial score (nSPS) is 18.3. The lowest BCUT2D eigenvalue weighted by Gasteiger charge is -2.30. The maximum atomic E-state index is 12.8. The Kier molecular flexibility index (Phi) is 5.23. The van der Waals surface area contributed by atoms with Crippen molar-refractivity contribution in [2.45, 2.75) is 25.4 Å². The molecule has 2 heterocycles. The number of amides is 1. The summed E-state index contributed by atoms with van der Waals surface area (Å²) in [7, 11) is 2.09. The van der Waals surface area contributed by atoms with Gasteiger partial charge in [-0.2, -0.15) is 0 Å². The second-order valence-electron chi connectivity index (χ2n) is 6.38. The number of nitrogens with two attached hydrogens (primary N) is 1. The van der Waals surface area contributed by atoms with Gasteiger partial charge in [-0.05, 0) is 49.7 Å². The lowest BCUT2D eigenvalue weighted by atomic mass is 10.0. The van der Waals surface area contributed by atoms with Crippen LogP contribution in [0.4, 0.5) is 0 Å². The minimum absolute atomic E-state index is 0.107. The highest BCUT2D eigenvalue weighted by molar-refractivity contribution is 5.99. The Bertz CT molecular complexity index is 716. The minimum Gasteiger partial charge on any atom is -0.347 e. The zero-order valence-electron chi connectivity index (χ0n) is 14.0. The first-order valence-electron chi connectivity index (χ1n) is 8.41. The van der Waals surface area contributed by atoms with Crippen LogP contribution in [0.1, 0.15) is 28.9 Å². The van der Waals surface area contributed by atoms with E-state index in [1.165, 1.54) is 0 Å². The number of rotatable bonds is 4. The van der Waals surface area contributed by atoms with Crippen molar-refractivity contribution in [2.24, 2.45) is 5.73 Å². The van der Waals surface area contributed by atoms with E-state index in [1.807, 2.05) is 36.4 Å². The second kappa shape index (κ2) is 7.55. The summed E-state index contributed by atoms with van der Waals surface area (Å²) < 4.78 is 0. The highest BCUT2D eigenvalue weighted by Gasteiger charge is 2.21. The third-order valence-electron chi connectivity index (χ3n) is 4.46. The predicted molar refractivity (Wildman–Crippen MR) is 95.5 cm³/mol. The van der Waals surface area contributed by atoms with Gasteiger partial charge in [-0.3, -0.25) is 9.78 Å². The van der Waals surface area contributed by atoms with Crippen molar-refractivity contribution in [1.82, 2.24) is 15.2 Å². The first-order chi connectivity index (χ1) is 11.7. The number of nitrogens with one attached hydrogen (secondary N) is 1. The van der Waals surface area contributed by atoms with Crippen LogP contribution in [0.15, 0.2) is 42.6 Å². The molecule has 1 fully saturated rings. The number of likely N-dealkylation sites (tertiary alicyclic amines) is 1. The van der Waals surface area contributed by atoms with Gasteiger partial charge in [-0.25, -0.2) is 0 Å². The Balaban J connectivity index is 1.84. The van der Waals surface area contributed by atoms with E-state index in [1.54, 1.807) is 6.20 Å². The fraction of sp³-hybridized carbons (Fsp3) is 0.368. The Morgan fingerprint density at radius 1 is 1.38 bits per heavy atom. The van der Waals surface area contributed by atoms with E-state index in [9.17, 15) is 4.79 Å². The fourth-order valence-corrected chi connectivity index (χ4v) is 3.22. The molecule has 0 radical (unpaired) electrons. The van der Waals surface area contributed by atoms with Gasteiger partial charge in [0.2, 0.25) is 0 Å². The van der Waals surface area contributed by atoms with E-state index >= 15 is 0 Å². The summed E-state index contributed by atoms with van der Waals surface area (Å²) in [6.45, 7) is 2.45. The molecule has 0 bridgehead atoms. The van der Waals surface area contributed by atoms with Crippen molar-refractivity contribution in [2.75, 3.05) is 20.1 Å². The average molecular weight is 324 g/mol. The Labute approximate surface area is 142 Å². The molecule has 5 heteroatoms. The zero-order chi connectivity index (χ0) is 16.9. The van der Waals surface area contributed by atoms with Crippen LogP contribution in [-0.4, -0.2) is 42.0 Å².